The molecule has 4 heteroatoms. The molecule has 0 radical (unpaired) electrons. The average molecular weight is 298 g/mol. The van der Waals surface area contributed by atoms with Gasteiger partial charge in [-0.1, -0.05) is 13.0 Å². The van der Waals surface area contributed by atoms with E-state index < -0.39 is 0 Å². The van der Waals surface area contributed by atoms with Crippen molar-refractivity contribution in [1.82, 2.24) is 10.3 Å². The van der Waals surface area contributed by atoms with Gasteiger partial charge in [-0.15, -0.1) is 0 Å². The van der Waals surface area contributed by atoms with Crippen LogP contribution in [0.1, 0.15) is 36.5 Å². The molecular weight excluding hydrogens is 276 g/mol. The highest BCUT2D eigenvalue weighted by Crippen LogP contribution is 2.22. The summed E-state index contributed by atoms with van der Waals surface area (Å²) >= 11 is 0. The Kier molecular flexibility index (Phi) is 5.53. The molecule has 0 aliphatic rings. The molecule has 0 spiro atoms. The Morgan fingerprint density at radius 3 is 2.59 bits per heavy atom. The number of hydrogen-bond acceptors (Lipinski definition) is 3. The summed E-state index contributed by atoms with van der Waals surface area (Å²) in [4.78, 5) is 15.7. The Morgan fingerprint density at radius 2 is 1.91 bits per heavy atom. The summed E-state index contributed by atoms with van der Waals surface area (Å²) in [6.07, 6.45) is 3.10. The monoisotopic (exact) mass is 298 g/mol. The lowest BCUT2D eigenvalue weighted by molar-refractivity contribution is -0.121. The molecule has 2 aromatic rings. The van der Waals surface area contributed by atoms with E-state index in [2.05, 4.69) is 16.4 Å². The van der Waals surface area contributed by atoms with Crippen LogP contribution in [0.25, 0.3) is 0 Å². The molecule has 0 aliphatic heterocycles. The van der Waals surface area contributed by atoms with Gasteiger partial charge in [-0.2, -0.15) is 0 Å². The Labute approximate surface area is 131 Å². The van der Waals surface area contributed by atoms with Crippen molar-refractivity contribution in [3.63, 3.8) is 0 Å². The van der Waals surface area contributed by atoms with Crippen LogP contribution < -0.4 is 10.1 Å². The summed E-state index contributed by atoms with van der Waals surface area (Å²) in [6, 6.07) is 9.78. The van der Waals surface area contributed by atoms with Crippen LogP contribution in [-0.2, 0) is 11.3 Å². The first-order chi connectivity index (χ1) is 10.6. The SMILES string of the molecule is CCCC(=O)NCc1ccnc(Oc2cc(C)cc(C)c2)c1. The minimum atomic E-state index is 0.0658. The smallest absolute Gasteiger partial charge is 0.220 e. The summed E-state index contributed by atoms with van der Waals surface area (Å²) in [5.41, 5.74) is 3.27. The van der Waals surface area contributed by atoms with Gasteiger partial charge in [-0.05, 0) is 55.2 Å². The zero-order valence-corrected chi connectivity index (χ0v) is 13.3. The van der Waals surface area contributed by atoms with Crippen molar-refractivity contribution < 1.29 is 9.53 Å². The second kappa shape index (κ2) is 7.59. The maximum Gasteiger partial charge on any atom is 0.220 e. The van der Waals surface area contributed by atoms with E-state index in [-0.39, 0.29) is 5.91 Å². The molecule has 116 valence electrons. The van der Waals surface area contributed by atoms with Gasteiger partial charge in [0.05, 0.1) is 0 Å². The first kappa shape index (κ1) is 16.0. The van der Waals surface area contributed by atoms with Crippen LogP contribution in [0.15, 0.2) is 36.5 Å². The van der Waals surface area contributed by atoms with Gasteiger partial charge in [0.15, 0.2) is 0 Å². The minimum Gasteiger partial charge on any atom is -0.439 e. The molecule has 1 amide bonds. The van der Waals surface area contributed by atoms with Crippen LogP contribution in [0.2, 0.25) is 0 Å². The summed E-state index contributed by atoms with van der Waals surface area (Å²) in [6.45, 7) is 6.55. The molecule has 0 aliphatic carbocycles. The second-order valence-corrected chi connectivity index (χ2v) is 5.45. The molecule has 2 rings (SSSR count). The van der Waals surface area contributed by atoms with Crippen molar-refractivity contribution in [2.75, 3.05) is 0 Å². The van der Waals surface area contributed by atoms with E-state index in [4.69, 9.17) is 4.74 Å². The molecule has 0 saturated carbocycles. The molecule has 0 saturated heterocycles. The molecule has 1 N–H and O–H groups in total. The van der Waals surface area contributed by atoms with E-state index in [0.29, 0.717) is 18.8 Å². The summed E-state index contributed by atoms with van der Waals surface area (Å²) in [5, 5.41) is 2.89. The van der Waals surface area contributed by atoms with Crippen LogP contribution in [0.3, 0.4) is 0 Å². The first-order valence-electron chi connectivity index (χ1n) is 7.54. The molecule has 0 bridgehead atoms. The van der Waals surface area contributed by atoms with Crippen LogP contribution in [0, 0.1) is 13.8 Å². The molecule has 4 nitrogen and oxygen atoms in total. The Morgan fingerprint density at radius 1 is 1.18 bits per heavy atom. The summed E-state index contributed by atoms with van der Waals surface area (Å²) < 4.78 is 5.81. The summed E-state index contributed by atoms with van der Waals surface area (Å²) in [5.74, 6) is 1.38. The van der Waals surface area contributed by atoms with Crippen molar-refractivity contribution in [3.8, 4) is 11.6 Å². The van der Waals surface area contributed by atoms with E-state index >= 15 is 0 Å². The largest absolute Gasteiger partial charge is 0.439 e. The predicted octanol–water partition coefficient (Wildman–Crippen LogP) is 3.91. The molecule has 1 aromatic heterocycles. The van der Waals surface area contributed by atoms with Crippen molar-refractivity contribution in [1.29, 1.82) is 0 Å². The predicted molar refractivity (Wildman–Crippen MR) is 87.0 cm³/mol. The van der Waals surface area contributed by atoms with Gasteiger partial charge >= 0.3 is 0 Å². The minimum absolute atomic E-state index is 0.0658. The molecule has 0 atom stereocenters. The number of carbonyl (C=O) groups is 1. The molecule has 1 heterocycles. The number of aromatic nitrogens is 1. The number of aryl methyl sites for hydroxylation is 2. The van der Waals surface area contributed by atoms with E-state index in [1.165, 1.54) is 0 Å². The standard InChI is InChI=1S/C18H22N2O2/c1-4-5-17(21)20-12-15-6-7-19-18(11-15)22-16-9-13(2)8-14(3)10-16/h6-11H,4-5,12H2,1-3H3,(H,20,21). The fourth-order valence-electron chi connectivity index (χ4n) is 2.24. The maximum absolute atomic E-state index is 11.5. The second-order valence-electron chi connectivity index (χ2n) is 5.45. The highest BCUT2D eigenvalue weighted by molar-refractivity contribution is 5.75. The van der Waals surface area contributed by atoms with Crippen molar-refractivity contribution >= 4 is 5.91 Å². The lowest BCUT2D eigenvalue weighted by atomic mass is 10.1. The van der Waals surface area contributed by atoms with Crippen LogP contribution in [0.5, 0.6) is 11.6 Å². The van der Waals surface area contributed by atoms with Gasteiger partial charge in [0, 0.05) is 25.2 Å². The lowest BCUT2D eigenvalue weighted by Gasteiger charge is -2.09. The van der Waals surface area contributed by atoms with Crippen molar-refractivity contribution in [2.24, 2.45) is 0 Å². The van der Waals surface area contributed by atoms with Crippen LogP contribution in [0.4, 0.5) is 0 Å². The highest BCUT2D eigenvalue weighted by Gasteiger charge is 2.04. The topological polar surface area (TPSA) is 51.2 Å². The van der Waals surface area contributed by atoms with E-state index in [9.17, 15) is 4.79 Å². The van der Waals surface area contributed by atoms with Gasteiger partial charge < -0.3 is 10.1 Å². The number of nitrogens with zero attached hydrogens (tertiary/aromatic N) is 1. The van der Waals surface area contributed by atoms with Gasteiger partial charge in [-0.3, -0.25) is 4.79 Å². The number of amides is 1. The number of hydrogen-bond donors (Lipinski definition) is 1. The quantitative estimate of drug-likeness (QED) is 0.879. The fraction of sp³-hybridized carbons (Fsp3) is 0.333. The van der Waals surface area contributed by atoms with Gasteiger partial charge in [0.2, 0.25) is 11.8 Å². The van der Waals surface area contributed by atoms with Crippen LogP contribution in [-0.4, -0.2) is 10.9 Å². The first-order valence-corrected chi connectivity index (χ1v) is 7.54. The Hall–Kier alpha value is -2.36. The maximum atomic E-state index is 11.5. The van der Waals surface area contributed by atoms with Crippen LogP contribution >= 0.6 is 0 Å². The third kappa shape index (κ3) is 4.88. The number of rotatable bonds is 6. The zero-order valence-electron chi connectivity index (χ0n) is 13.3. The number of carbonyl (C=O) groups excluding carboxylic acids is 1. The molecule has 0 fully saturated rings. The lowest BCUT2D eigenvalue weighted by Crippen LogP contribution is -2.22. The Bertz CT molecular complexity index is 633. The number of pyridine rings is 1. The number of benzene rings is 1. The third-order valence-corrected chi connectivity index (χ3v) is 3.18. The van der Waals surface area contributed by atoms with E-state index in [1.54, 1.807) is 6.20 Å². The summed E-state index contributed by atoms with van der Waals surface area (Å²) in [7, 11) is 0. The average Bonchev–Trinajstić information content (AvgIpc) is 2.45. The third-order valence-electron chi connectivity index (χ3n) is 3.18. The normalized spacial score (nSPS) is 10.3. The molecule has 0 unspecified atom stereocenters. The molecular formula is C18H22N2O2. The zero-order chi connectivity index (χ0) is 15.9. The van der Waals surface area contributed by atoms with Gasteiger partial charge in [0.25, 0.3) is 0 Å². The highest BCUT2D eigenvalue weighted by atomic mass is 16.5. The molecule has 22 heavy (non-hydrogen) atoms. The van der Waals surface area contributed by atoms with Crippen molar-refractivity contribution in [2.45, 2.75) is 40.2 Å². The number of nitrogens with one attached hydrogen (secondary N) is 1. The van der Waals surface area contributed by atoms with Gasteiger partial charge in [0.1, 0.15) is 5.75 Å². The Balaban J connectivity index is 2.03. The van der Waals surface area contributed by atoms with E-state index in [0.717, 1.165) is 28.9 Å². The number of ether oxygens (including phenoxy) is 1. The molecule has 1 aromatic carbocycles. The van der Waals surface area contributed by atoms with E-state index in [1.807, 2.05) is 45.0 Å². The van der Waals surface area contributed by atoms with Crippen molar-refractivity contribution in [3.05, 3.63) is 53.2 Å². The fourth-order valence-corrected chi connectivity index (χ4v) is 2.24. The van der Waals surface area contributed by atoms with Gasteiger partial charge in [-0.25, -0.2) is 4.98 Å².